The Kier molecular flexibility index (Phi) is 4.08. The summed E-state index contributed by atoms with van der Waals surface area (Å²) in [5, 5.41) is 0. The number of rotatable bonds is 3. The molecule has 0 bridgehead atoms. The van der Waals surface area contributed by atoms with Gasteiger partial charge in [0.15, 0.2) is 0 Å². The van der Waals surface area contributed by atoms with Crippen LogP contribution in [0, 0.1) is 0 Å². The first kappa shape index (κ1) is 12.3. The molecule has 0 aliphatic rings. The highest BCUT2D eigenvalue weighted by Gasteiger charge is 2.04. The summed E-state index contributed by atoms with van der Waals surface area (Å²) in [7, 11) is 0. The van der Waals surface area contributed by atoms with Crippen molar-refractivity contribution in [3.05, 3.63) is 77.9 Å². The van der Waals surface area contributed by atoms with Crippen molar-refractivity contribution < 1.29 is 0 Å². The van der Waals surface area contributed by atoms with E-state index >= 15 is 0 Å². The molecule has 0 spiro atoms. The lowest BCUT2D eigenvalue weighted by Gasteiger charge is -2.07. The zero-order valence-corrected chi connectivity index (χ0v) is 10.8. The Balaban J connectivity index is 2.48. The predicted octanol–water partition coefficient (Wildman–Crippen LogP) is 4.77. The van der Waals surface area contributed by atoms with Crippen LogP contribution in [0.5, 0.6) is 0 Å². The first-order valence-corrected chi connectivity index (χ1v) is 6.13. The Morgan fingerprint density at radius 2 is 1.44 bits per heavy atom. The highest BCUT2D eigenvalue weighted by molar-refractivity contribution is 6.13. The van der Waals surface area contributed by atoms with E-state index in [9.17, 15) is 0 Å². The molecule has 0 N–H and O–H groups in total. The van der Waals surface area contributed by atoms with Gasteiger partial charge in [0.05, 0.1) is 11.4 Å². The van der Waals surface area contributed by atoms with E-state index in [1.165, 1.54) is 5.57 Å². The first-order valence-electron chi connectivity index (χ1n) is 6.13. The summed E-state index contributed by atoms with van der Waals surface area (Å²) in [5.41, 5.74) is 4.35. The maximum atomic E-state index is 4.75. The van der Waals surface area contributed by atoms with Crippen molar-refractivity contribution in [2.45, 2.75) is 13.8 Å². The first-order chi connectivity index (χ1) is 8.81. The maximum Gasteiger partial charge on any atom is 0.0735 e. The van der Waals surface area contributed by atoms with E-state index in [0.29, 0.717) is 0 Å². The average Bonchev–Trinajstić information content (AvgIpc) is 2.46. The van der Waals surface area contributed by atoms with Crippen molar-refractivity contribution in [3.8, 4) is 0 Å². The van der Waals surface area contributed by atoms with Crippen molar-refractivity contribution in [3.63, 3.8) is 0 Å². The van der Waals surface area contributed by atoms with Crippen LogP contribution in [-0.2, 0) is 0 Å². The molecule has 0 saturated heterocycles. The average molecular weight is 235 g/mol. The van der Waals surface area contributed by atoms with Crippen molar-refractivity contribution in [1.82, 2.24) is 0 Å². The van der Waals surface area contributed by atoms with Crippen LogP contribution in [0.15, 0.2) is 77.3 Å². The van der Waals surface area contributed by atoms with E-state index in [0.717, 1.165) is 17.0 Å². The van der Waals surface area contributed by atoms with E-state index in [1.54, 1.807) is 0 Å². The minimum Gasteiger partial charge on any atom is -0.248 e. The van der Waals surface area contributed by atoms with Crippen molar-refractivity contribution in [2.24, 2.45) is 4.99 Å². The summed E-state index contributed by atoms with van der Waals surface area (Å²) in [4.78, 5) is 4.75. The van der Waals surface area contributed by atoms with Crippen LogP contribution in [0.4, 0.5) is 5.69 Å². The molecule has 0 aromatic heterocycles. The number of allylic oxidation sites excluding steroid dienone is 2. The SMILES string of the molecule is C/C=C(/C)C(=Nc1ccccc1)c1ccccc1. The van der Waals surface area contributed by atoms with E-state index in [1.807, 2.05) is 55.5 Å². The molecule has 0 heterocycles. The normalized spacial score (nSPS) is 12.6. The molecule has 0 unspecified atom stereocenters. The Labute approximate surface area is 109 Å². The number of benzene rings is 2. The number of hydrogen-bond acceptors (Lipinski definition) is 1. The Hall–Kier alpha value is -2.15. The van der Waals surface area contributed by atoms with E-state index in [-0.39, 0.29) is 0 Å². The fourth-order valence-corrected chi connectivity index (χ4v) is 1.74. The minimum atomic E-state index is 0.984. The molecule has 90 valence electrons. The molecular formula is C17H17N. The summed E-state index contributed by atoms with van der Waals surface area (Å²) in [5.74, 6) is 0. The third kappa shape index (κ3) is 2.95. The lowest BCUT2D eigenvalue weighted by atomic mass is 10.0. The monoisotopic (exact) mass is 235 g/mol. The summed E-state index contributed by atoms with van der Waals surface area (Å²) >= 11 is 0. The molecule has 0 atom stereocenters. The largest absolute Gasteiger partial charge is 0.248 e. The molecule has 1 nitrogen and oxygen atoms in total. The number of hydrogen-bond donors (Lipinski definition) is 0. The summed E-state index contributed by atoms with van der Waals surface area (Å²) in [6.07, 6.45) is 2.09. The molecule has 1 heteroatoms. The second-order valence-corrected chi connectivity index (χ2v) is 4.13. The van der Waals surface area contributed by atoms with E-state index in [2.05, 4.69) is 25.1 Å². The van der Waals surface area contributed by atoms with Gasteiger partial charge in [-0.3, -0.25) is 0 Å². The van der Waals surface area contributed by atoms with E-state index in [4.69, 9.17) is 4.99 Å². The lowest BCUT2D eigenvalue weighted by Crippen LogP contribution is -2.01. The van der Waals surface area contributed by atoms with Gasteiger partial charge in [0.1, 0.15) is 0 Å². The summed E-state index contributed by atoms with van der Waals surface area (Å²) in [6, 6.07) is 20.3. The van der Waals surface area contributed by atoms with Gasteiger partial charge in [-0.2, -0.15) is 0 Å². The third-order valence-corrected chi connectivity index (χ3v) is 2.85. The van der Waals surface area contributed by atoms with Crippen molar-refractivity contribution in [2.75, 3.05) is 0 Å². The van der Waals surface area contributed by atoms with Gasteiger partial charge in [0.2, 0.25) is 0 Å². The quantitative estimate of drug-likeness (QED) is 0.679. The molecule has 0 amide bonds. The Morgan fingerprint density at radius 3 is 2.00 bits per heavy atom. The lowest BCUT2D eigenvalue weighted by molar-refractivity contribution is 1.43. The van der Waals surface area contributed by atoms with Crippen LogP contribution in [0.25, 0.3) is 0 Å². The van der Waals surface area contributed by atoms with Gasteiger partial charge in [-0.25, -0.2) is 4.99 Å². The molecule has 0 saturated carbocycles. The van der Waals surface area contributed by atoms with Crippen molar-refractivity contribution in [1.29, 1.82) is 0 Å². The van der Waals surface area contributed by atoms with Gasteiger partial charge < -0.3 is 0 Å². The smallest absolute Gasteiger partial charge is 0.0735 e. The maximum absolute atomic E-state index is 4.75. The van der Waals surface area contributed by atoms with Crippen molar-refractivity contribution >= 4 is 11.4 Å². The summed E-state index contributed by atoms with van der Waals surface area (Å²) < 4.78 is 0. The topological polar surface area (TPSA) is 12.4 Å². The number of nitrogens with zero attached hydrogens (tertiary/aromatic N) is 1. The second-order valence-electron chi connectivity index (χ2n) is 4.13. The van der Waals surface area contributed by atoms with Gasteiger partial charge in [-0.1, -0.05) is 54.6 Å². The van der Waals surface area contributed by atoms with Gasteiger partial charge in [0, 0.05) is 5.56 Å². The predicted molar refractivity (Wildman–Crippen MR) is 78.5 cm³/mol. The molecular weight excluding hydrogens is 218 g/mol. The van der Waals surface area contributed by atoms with Crippen LogP contribution >= 0.6 is 0 Å². The number of para-hydroxylation sites is 1. The zero-order chi connectivity index (χ0) is 12.8. The molecule has 0 fully saturated rings. The molecule has 0 aliphatic carbocycles. The molecule has 2 aromatic rings. The van der Waals surface area contributed by atoms with Crippen LogP contribution in [0.3, 0.4) is 0 Å². The zero-order valence-electron chi connectivity index (χ0n) is 10.8. The minimum absolute atomic E-state index is 0.984. The Bertz CT molecular complexity index is 551. The van der Waals surface area contributed by atoms with Crippen LogP contribution < -0.4 is 0 Å². The highest BCUT2D eigenvalue weighted by Crippen LogP contribution is 2.17. The summed E-state index contributed by atoms with van der Waals surface area (Å²) in [6.45, 7) is 4.13. The molecule has 0 radical (unpaired) electrons. The molecule has 2 rings (SSSR count). The van der Waals surface area contributed by atoms with E-state index < -0.39 is 0 Å². The fourth-order valence-electron chi connectivity index (χ4n) is 1.74. The second kappa shape index (κ2) is 5.97. The fraction of sp³-hybridized carbons (Fsp3) is 0.118. The van der Waals surface area contributed by atoms with Gasteiger partial charge in [0.25, 0.3) is 0 Å². The highest BCUT2D eigenvalue weighted by atomic mass is 14.7. The van der Waals surface area contributed by atoms with Gasteiger partial charge >= 0.3 is 0 Å². The van der Waals surface area contributed by atoms with Gasteiger partial charge in [-0.05, 0) is 31.6 Å². The molecule has 2 aromatic carbocycles. The van der Waals surface area contributed by atoms with Crippen LogP contribution in [0.1, 0.15) is 19.4 Å². The standard InChI is InChI=1S/C17H17N/c1-3-14(2)17(15-10-6-4-7-11-15)18-16-12-8-5-9-13-16/h3-13H,1-2H3/b14-3-,18-17?. The third-order valence-electron chi connectivity index (χ3n) is 2.85. The Morgan fingerprint density at radius 1 is 0.889 bits per heavy atom. The molecule has 0 aliphatic heterocycles. The molecule has 18 heavy (non-hydrogen) atoms. The van der Waals surface area contributed by atoms with Crippen LogP contribution in [-0.4, -0.2) is 5.71 Å². The number of aliphatic imine (C=N–C) groups is 1. The van der Waals surface area contributed by atoms with Gasteiger partial charge in [-0.15, -0.1) is 0 Å². The van der Waals surface area contributed by atoms with Crippen LogP contribution in [0.2, 0.25) is 0 Å².